The molecule has 1 heterocycles. The van der Waals surface area contributed by atoms with Gasteiger partial charge in [0.25, 0.3) is 0 Å². The predicted molar refractivity (Wildman–Crippen MR) is 73.5 cm³/mol. The fraction of sp³-hybridized carbons (Fsp3) is 0.929. The summed E-state index contributed by atoms with van der Waals surface area (Å²) in [6.07, 6.45) is 4.68. The van der Waals surface area contributed by atoms with Gasteiger partial charge < -0.3 is 15.1 Å². The van der Waals surface area contributed by atoms with Gasteiger partial charge in [0.15, 0.2) is 0 Å². The van der Waals surface area contributed by atoms with Crippen molar-refractivity contribution in [2.45, 2.75) is 32.6 Å². The van der Waals surface area contributed by atoms with Gasteiger partial charge in [-0.3, -0.25) is 4.79 Å². The molecule has 1 N–H and O–H groups in total. The first-order valence-corrected chi connectivity index (χ1v) is 7.50. The standard InChI is InChI=1S/C14H27N3O/c1-2-8-16(12-13-3-4-13)9-5-14(18)17-10-6-15-7-11-17/h13,15H,2-12H2,1H3. The molecule has 0 aromatic carbocycles. The van der Waals surface area contributed by atoms with Gasteiger partial charge in [-0.25, -0.2) is 0 Å². The number of amides is 1. The molecule has 1 amide bonds. The molecule has 4 heteroatoms. The van der Waals surface area contributed by atoms with Crippen molar-refractivity contribution < 1.29 is 4.79 Å². The lowest BCUT2D eigenvalue weighted by atomic mass is 10.2. The van der Waals surface area contributed by atoms with Crippen molar-refractivity contribution in [3.8, 4) is 0 Å². The highest BCUT2D eigenvalue weighted by Gasteiger charge is 2.24. The minimum atomic E-state index is 0.341. The first-order chi connectivity index (χ1) is 8.79. The maximum Gasteiger partial charge on any atom is 0.223 e. The Balaban J connectivity index is 1.67. The highest BCUT2D eigenvalue weighted by Crippen LogP contribution is 2.29. The third kappa shape index (κ3) is 4.58. The van der Waals surface area contributed by atoms with Crippen molar-refractivity contribution >= 4 is 5.91 Å². The van der Waals surface area contributed by atoms with Crippen LogP contribution in [-0.4, -0.2) is 61.5 Å². The van der Waals surface area contributed by atoms with Crippen LogP contribution >= 0.6 is 0 Å². The van der Waals surface area contributed by atoms with E-state index >= 15 is 0 Å². The van der Waals surface area contributed by atoms with Gasteiger partial charge in [-0.2, -0.15) is 0 Å². The summed E-state index contributed by atoms with van der Waals surface area (Å²) in [6, 6.07) is 0. The number of carbonyl (C=O) groups excluding carboxylic acids is 1. The Morgan fingerprint density at radius 1 is 1.28 bits per heavy atom. The fourth-order valence-corrected chi connectivity index (χ4v) is 2.60. The zero-order valence-corrected chi connectivity index (χ0v) is 11.7. The van der Waals surface area contributed by atoms with Crippen LogP contribution in [0.4, 0.5) is 0 Å². The van der Waals surface area contributed by atoms with E-state index in [1.807, 2.05) is 4.90 Å². The van der Waals surface area contributed by atoms with Gasteiger partial charge in [0.2, 0.25) is 5.91 Å². The molecule has 0 bridgehead atoms. The van der Waals surface area contributed by atoms with Crippen LogP contribution in [0.1, 0.15) is 32.6 Å². The second-order valence-corrected chi connectivity index (χ2v) is 5.62. The summed E-state index contributed by atoms with van der Waals surface area (Å²) in [5.74, 6) is 1.26. The van der Waals surface area contributed by atoms with Crippen LogP contribution in [0, 0.1) is 5.92 Å². The summed E-state index contributed by atoms with van der Waals surface area (Å²) >= 11 is 0. The number of nitrogens with zero attached hydrogens (tertiary/aromatic N) is 2. The number of piperazine rings is 1. The lowest BCUT2D eigenvalue weighted by molar-refractivity contribution is -0.132. The van der Waals surface area contributed by atoms with E-state index < -0.39 is 0 Å². The van der Waals surface area contributed by atoms with Gasteiger partial charge in [-0.1, -0.05) is 6.92 Å². The molecule has 0 radical (unpaired) electrons. The summed E-state index contributed by atoms with van der Waals surface area (Å²) in [7, 11) is 0. The zero-order chi connectivity index (χ0) is 12.8. The predicted octanol–water partition coefficient (Wildman–Crippen LogP) is 0.930. The second-order valence-electron chi connectivity index (χ2n) is 5.62. The largest absolute Gasteiger partial charge is 0.340 e. The summed E-state index contributed by atoms with van der Waals surface area (Å²) in [4.78, 5) is 16.6. The highest BCUT2D eigenvalue weighted by molar-refractivity contribution is 5.76. The molecule has 1 saturated carbocycles. The van der Waals surface area contributed by atoms with Crippen LogP contribution in [0.5, 0.6) is 0 Å². The van der Waals surface area contributed by atoms with Crippen LogP contribution in [0.25, 0.3) is 0 Å². The van der Waals surface area contributed by atoms with Crippen LogP contribution < -0.4 is 5.32 Å². The van der Waals surface area contributed by atoms with Gasteiger partial charge in [0, 0.05) is 45.7 Å². The number of rotatable bonds is 7. The first kappa shape index (κ1) is 13.8. The van der Waals surface area contributed by atoms with Gasteiger partial charge >= 0.3 is 0 Å². The quantitative estimate of drug-likeness (QED) is 0.733. The van der Waals surface area contributed by atoms with E-state index in [1.165, 1.54) is 25.8 Å². The Kier molecular flexibility index (Phi) is 5.45. The molecule has 1 aliphatic heterocycles. The van der Waals surface area contributed by atoms with Crippen molar-refractivity contribution in [3.63, 3.8) is 0 Å². The topological polar surface area (TPSA) is 35.6 Å². The molecule has 0 unspecified atom stereocenters. The maximum absolute atomic E-state index is 12.1. The Morgan fingerprint density at radius 3 is 2.61 bits per heavy atom. The van der Waals surface area contributed by atoms with E-state index in [2.05, 4.69) is 17.1 Å². The average molecular weight is 253 g/mol. The zero-order valence-electron chi connectivity index (χ0n) is 11.7. The lowest BCUT2D eigenvalue weighted by Gasteiger charge is -2.29. The molecule has 104 valence electrons. The van der Waals surface area contributed by atoms with E-state index in [9.17, 15) is 4.79 Å². The smallest absolute Gasteiger partial charge is 0.223 e. The average Bonchev–Trinajstić information content (AvgIpc) is 3.21. The van der Waals surface area contributed by atoms with E-state index in [-0.39, 0.29) is 0 Å². The lowest BCUT2D eigenvalue weighted by Crippen LogP contribution is -2.47. The van der Waals surface area contributed by atoms with Crippen LogP contribution in [-0.2, 0) is 4.79 Å². The molecule has 2 aliphatic rings. The van der Waals surface area contributed by atoms with Crippen molar-refractivity contribution in [1.29, 1.82) is 0 Å². The Bertz CT molecular complexity index is 260. The van der Waals surface area contributed by atoms with E-state index in [0.29, 0.717) is 12.3 Å². The molecule has 0 spiro atoms. The molecule has 2 rings (SSSR count). The molecule has 2 fully saturated rings. The molecule has 4 nitrogen and oxygen atoms in total. The summed E-state index contributed by atoms with van der Waals surface area (Å²) in [5, 5.41) is 3.28. The van der Waals surface area contributed by atoms with E-state index in [1.54, 1.807) is 0 Å². The minimum Gasteiger partial charge on any atom is -0.340 e. The third-order valence-corrected chi connectivity index (χ3v) is 3.86. The minimum absolute atomic E-state index is 0.341. The Labute approximate surface area is 111 Å². The van der Waals surface area contributed by atoms with Crippen LogP contribution in [0.15, 0.2) is 0 Å². The molecule has 0 aromatic heterocycles. The monoisotopic (exact) mass is 253 g/mol. The molecule has 1 aliphatic carbocycles. The van der Waals surface area contributed by atoms with E-state index in [0.717, 1.165) is 45.2 Å². The van der Waals surface area contributed by atoms with Crippen molar-refractivity contribution in [1.82, 2.24) is 15.1 Å². The van der Waals surface area contributed by atoms with E-state index in [4.69, 9.17) is 0 Å². The number of nitrogens with one attached hydrogen (secondary N) is 1. The highest BCUT2D eigenvalue weighted by atomic mass is 16.2. The molecule has 1 saturated heterocycles. The van der Waals surface area contributed by atoms with Gasteiger partial charge in [0.05, 0.1) is 0 Å². The number of carbonyl (C=O) groups is 1. The van der Waals surface area contributed by atoms with Crippen molar-refractivity contribution in [3.05, 3.63) is 0 Å². The maximum atomic E-state index is 12.1. The van der Waals surface area contributed by atoms with Crippen molar-refractivity contribution in [2.75, 3.05) is 45.8 Å². The van der Waals surface area contributed by atoms with Crippen LogP contribution in [0.3, 0.4) is 0 Å². The van der Waals surface area contributed by atoms with Gasteiger partial charge in [-0.05, 0) is 31.7 Å². The third-order valence-electron chi connectivity index (χ3n) is 3.86. The van der Waals surface area contributed by atoms with Crippen molar-refractivity contribution in [2.24, 2.45) is 5.92 Å². The first-order valence-electron chi connectivity index (χ1n) is 7.50. The Morgan fingerprint density at radius 2 is 2.00 bits per heavy atom. The van der Waals surface area contributed by atoms with Gasteiger partial charge in [0.1, 0.15) is 0 Å². The molecule has 0 aromatic rings. The summed E-state index contributed by atoms with van der Waals surface area (Å²) in [6.45, 7) is 9.20. The molecular weight excluding hydrogens is 226 g/mol. The SMILES string of the molecule is CCCN(CCC(=O)N1CCNCC1)CC1CC1. The second kappa shape index (κ2) is 7.10. The van der Waals surface area contributed by atoms with Gasteiger partial charge in [-0.15, -0.1) is 0 Å². The summed E-state index contributed by atoms with van der Waals surface area (Å²) < 4.78 is 0. The Hall–Kier alpha value is -0.610. The summed E-state index contributed by atoms with van der Waals surface area (Å²) in [5.41, 5.74) is 0. The normalized spacial score (nSPS) is 20.4. The fourth-order valence-electron chi connectivity index (χ4n) is 2.60. The number of hydrogen-bond acceptors (Lipinski definition) is 3. The molecule has 0 atom stereocenters. The molecule has 18 heavy (non-hydrogen) atoms. The number of hydrogen-bond donors (Lipinski definition) is 1. The molecular formula is C14H27N3O. The van der Waals surface area contributed by atoms with Crippen LogP contribution in [0.2, 0.25) is 0 Å².